The van der Waals surface area contributed by atoms with Gasteiger partial charge < -0.3 is 24.8 Å². The third kappa shape index (κ3) is 8.21. The molecule has 1 saturated heterocycles. The van der Waals surface area contributed by atoms with Crippen LogP contribution in [0.15, 0.2) is 122 Å². The van der Waals surface area contributed by atoms with Gasteiger partial charge in [0.1, 0.15) is 0 Å². The molecule has 0 bridgehead atoms. The van der Waals surface area contributed by atoms with Gasteiger partial charge in [-0.1, -0.05) is 85.8 Å². The number of amides is 1. The molecule has 0 radical (unpaired) electrons. The van der Waals surface area contributed by atoms with Crippen molar-refractivity contribution < 1.29 is 19.4 Å². The number of aliphatic hydroxyl groups is 1. The fraction of sp³-hybridized carbons (Fsp3) is 0.275. The van der Waals surface area contributed by atoms with Crippen LogP contribution in [0.3, 0.4) is 0 Å². The maximum Gasteiger partial charge on any atom is 0.253 e. The molecular formula is C40H42N4O4. The van der Waals surface area contributed by atoms with E-state index in [2.05, 4.69) is 70.6 Å². The third-order valence-corrected chi connectivity index (χ3v) is 8.97. The zero-order valence-corrected chi connectivity index (χ0v) is 27.4. The van der Waals surface area contributed by atoms with E-state index >= 15 is 0 Å². The highest BCUT2D eigenvalue weighted by Gasteiger charge is 2.38. The summed E-state index contributed by atoms with van der Waals surface area (Å²) in [5, 5.41) is 12.6. The first-order chi connectivity index (χ1) is 23.5. The van der Waals surface area contributed by atoms with E-state index in [9.17, 15) is 9.90 Å². The van der Waals surface area contributed by atoms with Crippen LogP contribution in [-0.4, -0.2) is 52.1 Å². The Labute approximate surface area is 282 Å². The highest BCUT2D eigenvalue weighted by atomic mass is 16.7. The van der Waals surface area contributed by atoms with Gasteiger partial charge in [-0.25, -0.2) is 0 Å². The number of aliphatic hydroxyl groups excluding tert-OH is 1. The van der Waals surface area contributed by atoms with E-state index < -0.39 is 6.29 Å². The predicted octanol–water partition coefficient (Wildman–Crippen LogP) is 6.53. The maximum atomic E-state index is 12.7. The van der Waals surface area contributed by atoms with E-state index in [1.165, 1.54) is 0 Å². The fourth-order valence-electron chi connectivity index (χ4n) is 6.13. The maximum absolute atomic E-state index is 12.7. The van der Waals surface area contributed by atoms with Crippen molar-refractivity contribution in [3.8, 4) is 11.1 Å². The molecule has 0 saturated carbocycles. The van der Waals surface area contributed by atoms with Crippen LogP contribution < -0.4 is 5.32 Å². The summed E-state index contributed by atoms with van der Waals surface area (Å²) < 4.78 is 13.4. The molecule has 6 rings (SSSR count). The lowest BCUT2D eigenvalue weighted by Gasteiger charge is -2.42. The van der Waals surface area contributed by atoms with Gasteiger partial charge in [-0.05, 0) is 59.1 Å². The minimum Gasteiger partial charge on any atom is -0.392 e. The lowest BCUT2D eigenvalue weighted by Crippen LogP contribution is -2.43. The monoisotopic (exact) mass is 642 g/mol. The molecule has 8 heteroatoms. The lowest BCUT2D eigenvalue weighted by molar-refractivity contribution is -0.275. The SMILES string of the molecule is C[C@@H]1[C@H](CN(C)CCc2ccccn2)O[C@H](c2ccc(-c3ccccc3CNC(=O)c3cccnc3)cc2)O[C@@H]1c1ccc(CO)cc1. The van der Waals surface area contributed by atoms with E-state index in [0.717, 1.165) is 58.6 Å². The quantitative estimate of drug-likeness (QED) is 0.160. The van der Waals surface area contributed by atoms with Gasteiger partial charge in [-0.3, -0.25) is 14.8 Å². The molecule has 0 unspecified atom stereocenters. The van der Waals surface area contributed by atoms with Crippen LogP contribution in [0.1, 0.15) is 57.6 Å². The normalized spacial score (nSPS) is 19.2. The summed E-state index contributed by atoms with van der Waals surface area (Å²) in [6.07, 6.45) is 5.09. The van der Waals surface area contributed by atoms with Crippen LogP contribution in [0.25, 0.3) is 11.1 Å². The van der Waals surface area contributed by atoms with Gasteiger partial charge in [0.05, 0.1) is 24.4 Å². The largest absolute Gasteiger partial charge is 0.392 e. The van der Waals surface area contributed by atoms with Gasteiger partial charge >= 0.3 is 0 Å². The van der Waals surface area contributed by atoms with Gasteiger partial charge in [-0.15, -0.1) is 0 Å². The van der Waals surface area contributed by atoms with Gasteiger partial charge in [-0.2, -0.15) is 0 Å². The van der Waals surface area contributed by atoms with E-state index in [1.807, 2.05) is 60.8 Å². The Hall–Kier alpha value is -4.73. The van der Waals surface area contributed by atoms with Crippen molar-refractivity contribution in [1.29, 1.82) is 0 Å². The number of hydrogen-bond acceptors (Lipinski definition) is 7. The molecular weight excluding hydrogens is 600 g/mol. The Kier molecular flexibility index (Phi) is 11.0. The molecule has 1 amide bonds. The summed E-state index contributed by atoms with van der Waals surface area (Å²) in [6.45, 7) is 4.19. The van der Waals surface area contributed by atoms with Crippen LogP contribution in [0.5, 0.6) is 0 Å². The molecule has 246 valence electrons. The first kappa shape index (κ1) is 33.2. The average Bonchev–Trinajstić information content (AvgIpc) is 3.15. The van der Waals surface area contributed by atoms with Crippen molar-refractivity contribution >= 4 is 5.91 Å². The molecule has 1 aliphatic heterocycles. The predicted molar refractivity (Wildman–Crippen MR) is 186 cm³/mol. The van der Waals surface area contributed by atoms with E-state index in [-0.39, 0.29) is 30.6 Å². The number of aromatic nitrogens is 2. The Morgan fingerprint density at radius 2 is 1.65 bits per heavy atom. The number of ether oxygens (including phenoxy) is 2. The van der Waals surface area contributed by atoms with Crippen molar-refractivity contribution in [3.63, 3.8) is 0 Å². The molecule has 2 aromatic heterocycles. The summed E-state index contributed by atoms with van der Waals surface area (Å²) in [6, 6.07) is 33.9. The smallest absolute Gasteiger partial charge is 0.253 e. The summed E-state index contributed by atoms with van der Waals surface area (Å²) in [4.78, 5) is 23.5. The number of benzene rings is 3. The number of nitrogens with zero attached hydrogens (tertiary/aromatic N) is 3. The fourth-order valence-corrected chi connectivity index (χ4v) is 6.13. The molecule has 3 aromatic carbocycles. The second kappa shape index (κ2) is 15.9. The highest BCUT2D eigenvalue weighted by Crippen LogP contribution is 2.42. The molecule has 1 aliphatic rings. The zero-order chi connectivity index (χ0) is 33.3. The number of nitrogens with one attached hydrogen (secondary N) is 1. The number of hydrogen-bond donors (Lipinski definition) is 2. The van der Waals surface area contributed by atoms with Gasteiger partial charge in [0.25, 0.3) is 5.91 Å². The van der Waals surface area contributed by atoms with Crippen LogP contribution in [0.4, 0.5) is 0 Å². The van der Waals surface area contributed by atoms with Crippen LogP contribution in [0, 0.1) is 5.92 Å². The Morgan fingerprint density at radius 1 is 0.875 bits per heavy atom. The summed E-state index contributed by atoms with van der Waals surface area (Å²) in [5.41, 5.74) is 7.57. The highest BCUT2D eigenvalue weighted by molar-refractivity contribution is 5.93. The first-order valence-corrected chi connectivity index (χ1v) is 16.4. The van der Waals surface area contributed by atoms with Gasteiger partial charge in [0.2, 0.25) is 0 Å². The van der Waals surface area contributed by atoms with Crippen LogP contribution in [0.2, 0.25) is 0 Å². The van der Waals surface area contributed by atoms with Gasteiger partial charge in [0.15, 0.2) is 6.29 Å². The molecule has 0 spiro atoms. The van der Waals surface area contributed by atoms with Crippen molar-refractivity contribution in [2.75, 3.05) is 20.1 Å². The topological polar surface area (TPSA) is 96.8 Å². The Balaban J connectivity index is 1.19. The molecule has 0 aliphatic carbocycles. The molecule has 8 nitrogen and oxygen atoms in total. The molecule has 4 atom stereocenters. The van der Waals surface area contributed by atoms with E-state index in [0.29, 0.717) is 12.1 Å². The van der Waals surface area contributed by atoms with Crippen molar-refractivity contribution in [3.05, 3.63) is 155 Å². The summed E-state index contributed by atoms with van der Waals surface area (Å²) in [7, 11) is 2.12. The third-order valence-electron chi connectivity index (χ3n) is 8.97. The van der Waals surface area contributed by atoms with Crippen molar-refractivity contribution in [1.82, 2.24) is 20.2 Å². The first-order valence-electron chi connectivity index (χ1n) is 16.4. The number of carbonyl (C=O) groups excluding carboxylic acids is 1. The number of pyridine rings is 2. The van der Waals surface area contributed by atoms with Gasteiger partial charge in [0, 0.05) is 61.8 Å². The summed E-state index contributed by atoms with van der Waals surface area (Å²) in [5.74, 6) is -0.0712. The Bertz CT molecular complexity index is 1750. The minimum atomic E-state index is -0.555. The van der Waals surface area contributed by atoms with Crippen LogP contribution >= 0.6 is 0 Å². The lowest BCUT2D eigenvalue weighted by atomic mass is 9.90. The van der Waals surface area contributed by atoms with Crippen molar-refractivity contribution in [2.24, 2.45) is 5.92 Å². The minimum absolute atomic E-state index is 0.00311. The average molecular weight is 643 g/mol. The summed E-state index contributed by atoms with van der Waals surface area (Å²) >= 11 is 0. The second-order valence-electron chi connectivity index (χ2n) is 12.4. The molecule has 2 N–H and O–H groups in total. The number of carbonyl (C=O) groups is 1. The van der Waals surface area contributed by atoms with E-state index in [4.69, 9.17) is 9.47 Å². The standard InChI is InChI=1S/C40H42N4O4/c1-28-37(26-44(2)23-20-35-10-5-6-22-42-35)47-40(48-38(28)31-14-12-29(27-45)13-15-31)32-18-16-30(17-19-32)36-11-4-3-8-33(36)25-43-39(46)34-9-7-21-41-24-34/h3-19,21-22,24,28,37-38,40,45H,20,23,25-27H2,1-2H3,(H,43,46)/t28-,37+,38+,40+/m1/s1. The zero-order valence-electron chi connectivity index (χ0n) is 27.4. The molecule has 1 fully saturated rings. The molecule has 5 aromatic rings. The second-order valence-corrected chi connectivity index (χ2v) is 12.4. The van der Waals surface area contributed by atoms with Crippen LogP contribution in [-0.2, 0) is 29.0 Å². The molecule has 3 heterocycles. The van der Waals surface area contributed by atoms with Crippen molar-refractivity contribution in [2.45, 2.75) is 45.0 Å². The number of likely N-dealkylation sites (N-methyl/N-ethyl adjacent to an activating group) is 1. The Morgan fingerprint density at radius 3 is 2.38 bits per heavy atom. The number of rotatable bonds is 12. The van der Waals surface area contributed by atoms with E-state index in [1.54, 1.807) is 24.5 Å². The molecule has 48 heavy (non-hydrogen) atoms.